The third-order valence-electron chi connectivity index (χ3n) is 1.72. The first kappa shape index (κ1) is 10.1. The van der Waals surface area contributed by atoms with Crippen LogP contribution in [0, 0.1) is 0 Å². The molecular weight excluding hydrogens is 182 g/mol. The van der Waals surface area contributed by atoms with Crippen LogP contribution in [-0.4, -0.2) is 11.5 Å². The van der Waals surface area contributed by atoms with Gasteiger partial charge in [-0.25, -0.2) is 0 Å². The Balaban J connectivity index is 3.04. The van der Waals surface area contributed by atoms with Gasteiger partial charge < -0.3 is 5.73 Å². The molecule has 0 heterocycles. The van der Waals surface area contributed by atoms with Gasteiger partial charge >= 0.3 is 0 Å². The third-order valence-corrected chi connectivity index (χ3v) is 2.59. The van der Waals surface area contributed by atoms with Crippen molar-refractivity contribution in [1.29, 1.82) is 0 Å². The predicted molar refractivity (Wildman–Crippen MR) is 57.3 cm³/mol. The highest BCUT2D eigenvalue weighted by Gasteiger charge is 2.05. The lowest BCUT2D eigenvalue weighted by atomic mass is 10.1. The summed E-state index contributed by atoms with van der Waals surface area (Å²) in [6.45, 7) is 3.61. The number of hydrogen-bond donors (Lipinski definition) is 1. The molecule has 0 amide bonds. The minimum Gasteiger partial charge on any atom is -0.398 e. The maximum atomic E-state index is 11.1. The Labute approximate surface area is 82.5 Å². The molecule has 0 spiro atoms. The van der Waals surface area contributed by atoms with Gasteiger partial charge in [0.1, 0.15) is 0 Å². The number of carbonyl (C=O) groups is 1. The van der Waals surface area contributed by atoms with Crippen LogP contribution in [0.15, 0.2) is 23.1 Å². The fraction of sp³-hybridized carbons (Fsp3) is 0.300. The van der Waals surface area contributed by atoms with Crippen molar-refractivity contribution < 1.29 is 4.79 Å². The molecule has 0 aromatic heterocycles. The SMILES string of the molecule is CCSc1ccc(N)c(C(C)=O)c1. The van der Waals surface area contributed by atoms with Crippen molar-refractivity contribution in [2.24, 2.45) is 0 Å². The number of carbonyl (C=O) groups excluding carboxylic acids is 1. The molecule has 2 nitrogen and oxygen atoms in total. The Hall–Kier alpha value is -0.960. The van der Waals surface area contributed by atoms with E-state index in [0.717, 1.165) is 10.6 Å². The van der Waals surface area contributed by atoms with E-state index in [9.17, 15) is 4.79 Å². The van der Waals surface area contributed by atoms with Crippen LogP contribution in [0.2, 0.25) is 0 Å². The van der Waals surface area contributed by atoms with Gasteiger partial charge in [0.25, 0.3) is 0 Å². The number of ketones is 1. The van der Waals surface area contributed by atoms with Crippen molar-refractivity contribution in [3.8, 4) is 0 Å². The van der Waals surface area contributed by atoms with E-state index in [1.807, 2.05) is 12.1 Å². The third kappa shape index (κ3) is 2.49. The van der Waals surface area contributed by atoms with Crippen LogP contribution in [0.5, 0.6) is 0 Å². The number of nitrogen functional groups attached to an aromatic ring is 1. The van der Waals surface area contributed by atoms with Crippen LogP contribution in [0.3, 0.4) is 0 Å². The summed E-state index contributed by atoms with van der Waals surface area (Å²) in [4.78, 5) is 12.2. The van der Waals surface area contributed by atoms with Gasteiger partial charge in [-0.3, -0.25) is 4.79 Å². The number of hydrogen-bond acceptors (Lipinski definition) is 3. The van der Waals surface area contributed by atoms with Gasteiger partial charge in [-0.1, -0.05) is 6.92 Å². The Kier molecular flexibility index (Phi) is 3.37. The van der Waals surface area contributed by atoms with Crippen molar-refractivity contribution in [2.75, 3.05) is 11.5 Å². The first-order valence-corrected chi connectivity index (χ1v) is 5.17. The van der Waals surface area contributed by atoms with E-state index in [2.05, 4.69) is 6.92 Å². The average molecular weight is 195 g/mol. The van der Waals surface area contributed by atoms with E-state index in [-0.39, 0.29) is 5.78 Å². The van der Waals surface area contributed by atoms with Crippen molar-refractivity contribution in [1.82, 2.24) is 0 Å². The fourth-order valence-electron chi connectivity index (χ4n) is 1.10. The Morgan fingerprint density at radius 2 is 2.23 bits per heavy atom. The zero-order chi connectivity index (χ0) is 9.84. The Bertz CT molecular complexity index is 323. The Morgan fingerprint density at radius 1 is 1.54 bits per heavy atom. The summed E-state index contributed by atoms with van der Waals surface area (Å²) in [5.74, 6) is 1.03. The van der Waals surface area contributed by atoms with Crippen molar-refractivity contribution >= 4 is 23.2 Å². The molecule has 0 aliphatic heterocycles. The second kappa shape index (κ2) is 4.33. The number of nitrogens with two attached hydrogens (primary N) is 1. The molecule has 0 aliphatic rings. The highest BCUT2D eigenvalue weighted by Crippen LogP contribution is 2.22. The van der Waals surface area contributed by atoms with Crippen LogP contribution in [0.25, 0.3) is 0 Å². The van der Waals surface area contributed by atoms with Gasteiger partial charge in [-0.15, -0.1) is 11.8 Å². The summed E-state index contributed by atoms with van der Waals surface area (Å²) in [5.41, 5.74) is 6.84. The maximum Gasteiger partial charge on any atom is 0.161 e. The lowest BCUT2D eigenvalue weighted by Gasteiger charge is -2.04. The quantitative estimate of drug-likeness (QED) is 0.458. The number of thioether (sulfide) groups is 1. The molecule has 70 valence electrons. The largest absolute Gasteiger partial charge is 0.398 e. The predicted octanol–water partition coefficient (Wildman–Crippen LogP) is 2.58. The summed E-state index contributed by atoms with van der Waals surface area (Å²) in [6.07, 6.45) is 0. The van der Waals surface area contributed by atoms with Crippen LogP contribution in [0.1, 0.15) is 24.2 Å². The van der Waals surface area contributed by atoms with Crippen molar-refractivity contribution in [3.63, 3.8) is 0 Å². The zero-order valence-electron chi connectivity index (χ0n) is 7.83. The van der Waals surface area contributed by atoms with E-state index in [1.54, 1.807) is 17.8 Å². The highest BCUT2D eigenvalue weighted by molar-refractivity contribution is 7.99. The minimum absolute atomic E-state index is 0.0241. The molecule has 0 atom stereocenters. The molecule has 0 unspecified atom stereocenters. The number of anilines is 1. The van der Waals surface area contributed by atoms with Gasteiger partial charge in [0.15, 0.2) is 5.78 Å². The summed E-state index contributed by atoms with van der Waals surface area (Å²) >= 11 is 1.71. The van der Waals surface area contributed by atoms with Gasteiger partial charge in [-0.2, -0.15) is 0 Å². The first-order valence-electron chi connectivity index (χ1n) is 4.18. The highest BCUT2D eigenvalue weighted by atomic mass is 32.2. The second-order valence-electron chi connectivity index (χ2n) is 2.74. The molecule has 3 heteroatoms. The summed E-state index contributed by atoms with van der Waals surface area (Å²) < 4.78 is 0. The normalized spacial score (nSPS) is 10.0. The van der Waals surface area contributed by atoms with E-state index in [0.29, 0.717) is 11.3 Å². The molecule has 0 fully saturated rings. The molecule has 13 heavy (non-hydrogen) atoms. The topological polar surface area (TPSA) is 43.1 Å². The van der Waals surface area contributed by atoms with Crippen molar-refractivity contribution in [2.45, 2.75) is 18.7 Å². The Morgan fingerprint density at radius 3 is 2.77 bits per heavy atom. The zero-order valence-corrected chi connectivity index (χ0v) is 8.65. The number of Topliss-reactive ketones (excluding diaryl/α,β-unsaturated/α-hetero) is 1. The first-order chi connectivity index (χ1) is 6.15. The fourth-order valence-corrected chi connectivity index (χ4v) is 1.80. The molecule has 0 radical (unpaired) electrons. The summed E-state index contributed by atoms with van der Waals surface area (Å²) in [7, 11) is 0. The monoisotopic (exact) mass is 195 g/mol. The van der Waals surface area contributed by atoms with Gasteiger partial charge in [0, 0.05) is 16.1 Å². The smallest absolute Gasteiger partial charge is 0.161 e. The molecule has 0 aliphatic carbocycles. The van der Waals surface area contributed by atoms with E-state index in [1.165, 1.54) is 6.92 Å². The molecule has 0 saturated carbocycles. The molecular formula is C10H13NOS. The van der Waals surface area contributed by atoms with Crippen molar-refractivity contribution in [3.05, 3.63) is 23.8 Å². The molecule has 1 rings (SSSR count). The molecule has 1 aromatic rings. The summed E-state index contributed by atoms with van der Waals surface area (Å²) in [5, 5.41) is 0. The van der Waals surface area contributed by atoms with Crippen LogP contribution < -0.4 is 5.73 Å². The van der Waals surface area contributed by atoms with Gasteiger partial charge in [0.05, 0.1) is 0 Å². The van der Waals surface area contributed by atoms with Crippen LogP contribution in [0.4, 0.5) is 5.69 Å². The minimum atomic E-state index is 0.0241. The molecule has 0 saturated heterocycles. The van der Waals surface area contributed by atoms with Crippen LogP contribution >= 0.6 is 11.8 Å². The standard InChI is InChI=1S/C10H13NOS/c1-3-13-8-4-5-10(11)9(6-8)7(2)12/h4-6H,3,11H2,1-2H3. The van der Waals surface area contributed by atoms with E-state index >= 15 is 0 Å². The second-order valence-corrected chi connectivity index (χ2v) is 4.08. The summed E-state index contributed by atoms with van der Waals surface area (Å²) in [6, 6.07) is 5.58. The van der Waals surface area contributed by atoms with E-state index in [4.69, 9.17) is 5.73 Å². The average Bonchev–Trinajstić information content (AvgIpc) is 2.08. The van der Waals surface area contributed by atoms with Crippen LogP contribution in [-0.2, 0) is 0 Å². The lowest BCUT2D eigenvalue weighted by molar-refractivity contribution is 0.101. The molecule has 0 bridgehead atoms. The van der Waals surface area contributed by atoms with Gasteiger partial charge in [-0.05, 0) is 30.9 Å². The van der Waals surface area contributed by atoms with Gasteiger partial charge in [0.2, 0.25) is 0 Å². The molecule has 1 aromatic carbocycles. The number of benzene rings is 1. The molecule has 2 N–H and O–H groups in total. The van der Waals surface area contributed by atoms with E-state index < -0.39 is 0 Å². The maximum absolute atomic E-state index is 11.1. The number of rotatable bonds is 3. The lowest BCUT2D eigenvalue weighted by Crippen LogP contribution is -1.99.